The predicted molar refractivity (Wildman–Crippen MR) is 112 cm³/mol. The van der Waals surface area contributed by atoms with E-state index in [1.54, 1.807) is 0 Å². The SMILES string of the molecule is Cc1ccc([C@@H](CNC(=O)C2(c3ccc(Cl)cc3)CCCC2)OCCO)cc1. The minimum Gasteiger partial charge on any atom is -0.394 e. The fourth-order valence-corrected chi connectivity index (χ4v) is 4.12. The number of aliphatic hydroxyl groups is 1. The summed E-state index contributed by atoms with van der Waals surface area (Å²) in [5.41, 5.74) is 2.68. The average molecular weight is 402 g/mol. The summed E-state index contributed by atoms with van der Waals surface area (Å²) < 4.78 is 5.80. The van der Waals surface area contributed by atoms with E-state index in [1.807, 2.05) is 55.5 Å². The Kier molecular flexibility index (Phi) is 7.11. The van der Waals surface area contributed by atoms with Gasteiger partial charge in [-0.05, 0) is 43.0 Å². The van der Waals surface area contributed by atoms with Crippen molar-refractivity contribution in [2.24, 2.45) is 0 Å². The molecule has 2 aromatic rings. The number of hydrogen-bond acceptors (Lipinski definition) is 3. The quantitative estimate of drug-likeness (QED) is 0.692. The summed E-state index contributed by atoms with van der Waals surface area (Å²) in [6.45, 7) is 2.59. The molecule has 1 atom stereocenters. The second-order valence-corrected chi connectivity index (χ2v) is 7.94. The van der Waals surface area contributed by atoms with E-state index in [2.05, 4.69) is 5.32 Å². The first-order valence-corrected chi connectivity index (χ1v) is 10.3. The van der Waals surface area contributed by atoms with E-state index >= 15 is 0 Å². The number of nitrogens with one attached hydrogen (secondary N) is 1. The molecule has 0 heterocycles. The van der Waals surface area contributed by atoms with Gasteiger partial charge in [-0.2, -0.15) is 0 Å². The van der Waals surface area contributed by atoms with Gasteiger partial charge in [0.15, 0.2) is 0 Å². The van der Waals surface area contributed by atoms with Crippen LogP contribution in [-0.2, 0) is 14.9 Å². The first kappa shape index (κ1) is 20.8. The summed E-state index contributed by atoms with van der Waals surface area (Å²) in [4.78, 5) is 13.3. The molecule has 0 aromatic heterocycles. The van der Waals surface area contributed by atoms with Gasteiger partial charge in [0.1, 0.15) is 0 Å². The highest BCUT2D eigenvalue weighted by atomic mass is 35.5. The minimum atomic E-state index is -0.501. The molecule has 0 saturated heterocycles. The van der Waals surface area contributed by atoms with Crippen LogP contribution >= 0.6 is 11.6 Å². The van der Waals surface area contributed by atoms with Gasteiger partial charge in [-0.25, -0.2) is 0 Å². The first-order chi connectivity index (χ1) is 13.5. The summed E-state index contributed by atoms with van der Waals surface area (Å²) in [6, 6.07) is 15.7. The van der Waals surface area contributed by atoms with E-state index in [0.717, 1.165) is 36.8 Å². The van der Waals surface area contributed by atoms with Crippen molar-refractivity contribution in [1.29, 1.82) is 0 Å². The van der Waals surface area contributed by atoms with Crippen LogP contribution in [0.4, 0.5) is 0 Å². The molecule has 5 heteroatoms. The van der Waals surface area contributed by atoms with Crippen LogP contribution in [0.5, 0.6) is 0 Å². The van der Waals surface area contributed by atoms with Crippen LogP contribution in [0.1, 0.15) is 48.5 Å². The van der Waals surface area contributed by atoms with E-state index in [0.29, 0.717) is 11.6 Å². The van der Waals surface area contributed by atoms with Gasteiger partial charge in [-0.3, -0.25) is 4.79 Å². The average Bonchev–Trinajstić information content (AvgIpc) is 3.20. The lowest BCUT2D eigenvalue weighted by atomic mass is 9.78. The van der Waals surface area contributed by atoms with Gasteiger partial charge in [-0.1, -0.05) is 66.4 Å². The molecule has 1 saturated carbocycles. The Labute approximate surface area is 171 Å². The van der Waals surface area contributed by atoms with Crippen molar-refractivity contribution in [3.63, 3.8) is 0 Å². The molecule has 2 N–H and O–H groups in total. The van der Waals surface area contributed by atoms with E-state index in [9.17, 15) is 4.79 Å². The summed E-state index contributed by atoms with van der Waals surface area (Å²) in [5, 5.41) is 12.9. The molecule has 0 spiro atoms. The molecule has 1 aliphatic rings. The number of benzene rings is 2. The number of carbonyl (C=O) groups excluding carboxylic acids is 1. The van der Waals surface area contributed by atoms with E-state index in [4.69, 9.17) is 21.4 Å². The van der Waals surface area contributed by atoms with Gasteiger partial charge in [0, 0.05) is 11.6 Å². The molecular formula is C23H28ClNO3. The van der Waals surface area contributed by atoms with Crippen molar-refractivity contribution in [3.05, 3.63) is 70.2 Å². The molecule has 0 bridgehead atoms. The molecule has 0 unspecified atom stereocenters. The summed E-state index contributed by atoms with van der Waals surface area (Å²) >= 11 is 6.04. The second-order valence-electron chi connectivity index (χ2n) is 7.50. The van der Waals surface area contributed by atoms with Crippen molar-refractivity contribution in [2.75, 3.05) is 19.8 Å². The first-order valence-electron chi connectivity index (χ1n) is 9.88. The van der Waals surface area contributed by atoms with Gasteiger partial charge in [-0.15, -0.1) is 0 Å². The van der Waals surface area contributed by atoms with Crippen molar-refractivity contribution in [1.82, 2.24) is 5.32 Å². The minimum absolute atomic E-state index is 0.0389. The Bertz CT molecular complexity index is 767. The van der Waals surface area contributed by atoms with Crippen molar-refractivity contribution in [3.8, 4) is 0 Å². The lowest BCUT2D eigenvalue weighted by Gasteiger charge is -2.29. The Morgan fingerprint density at radius 2 is 1.79 bits per heavy atom. The highest BCUT2D eigenvalue weighted by Gasteiger charge is 2.42. The van der Waals surface area contributed by atoms with Crippen molar-refractivity contribution >= 4 is 17.5 Å². The Morgan fingerprint density at radius 1 is 1.14 bits per heavy atom. The molecule has 1 aliphatic carbocycles. The molecule has 1 fully saturated rings. The van der Waals surface area contributed by atoms with Crippen LogP contribution < -0.4 is 5.32 Å². The maximum atomic E-state index is 13.3. The molecule has 4 nitrogen and oxygen atoms in total. The fraction of sp³-hybridized carbons (Fsp3) is 0.435. The van der Waals surface area contributed by atoms with Crippen LogP contribution in [0.25, 0.3) is 0 Å². The van der Waals surface area contributed by atoms with Gasteiger partial charge in [0.25, 0.3) is 0 Å². The number of amides is 1. The predicted octanol–water partition coefficient (Wildman–Crippen LogP) is 4.33. The van der Waals surface area contributed by atoms with Crippen LogP contribution in [0, 0.1) is 6.92 Å². The summed E-state index contributed by atoms with van der Waals surface area (Å²) in [6.07, 6.45) is 3.47. The topological polar surface area (TPSA) is 58.6 Å². The smallest absolute Gasteiger partial charge is 0.230 e. The molecule has 28 heavy (non-hydrogen) atoms. The lowest BCUT2D eigenvalue weighted by molar-refractivity contribution is -0.127. The molecule has 1 amide bonds. The van der Waals surface area contributed by atoms with Crippen LogP contribution in [-0.4, -0.2) is 30.8 Å². The van der Waals surface area contributed by atoms with Crippen molar-refractivity contribution in [2.45, 2.75) is 44.1 Å². The zero-order chi connectivity index (χ0) is 20.0. The van der Waals surface area contributed by atoms with E-state index in [-0.39, 0.29) is 25.2 Å². The normalized spacial score (nSPS) is 16.7. The lowest BCUT2D eigenvalue weighted by Crippen LogP contribution is -2.44. The van der Waals surface area contributed by atoms with Crippen LogP contribution in [0.2, 0.25) is 5.02 Å². The molecule has 0 radical (unpaired) electrons. The highest BCUT2D eigenvalue weighted by molar-refractivity contribution is 6.30. The monoisotopic (exact) mass is 401 g/mol. The zero-order valence-electron chi connectivity index (χ0n) is 16.3. The van der Waals surface area contributed by atoms with E-state index in [1.165, 1.54) is 5.56 Å². The summed E-state index contributed by atoms with van der Waals surface area (Å²) in [5.74, 6) is 0.0389. The maximum absolute atomic E-state index is 13.3. The number of aliphatic hydroxyl groups excluding tert-OH is 1. The number of rotatable bonds is 8. The molecule has 0 aliphatic heterocycles. The highest BCUT2D eigenvalue weighted by Crippen LogP contribution is 2.41. The van der Waals surface area contributed by atoms with Gasteiger partial charge in [0.05, 0.1) is 24.7 Å². The number of aryl methyl sites for hydroxylation is 1. The largest absolute Gasteiger partial charge is 0.394 e. The molecule has 3 rings (SSSR count). The molecule has 150 valence electrons. The van der Waals surface area contributed by atoms with Gasteiger partial charge >= 0.3 is 0 Å². The number of halogens is 1. The zero-order valence-corrected chi connectivity index (χ0v) is 17.0. The Hall–Kier alpha value is -1.88. The second kappa shape index (κ2) is 9.55. The molecular weight excluding hydrogens is 374 g/mol. The van der Waals surface area contributed by atoms with Crippen molar-refractivity contribution < 1.29 is 14.6 Å². The number of hydrogen-bond donors (Lipinski definition) is 2. The summed E-state index contributed by atoms with van der Waals surface area (Å²) in [7, 11) is 0. The van der Waals surface area contributed by atoms with Crippen LogP contribution in [0.15, 0.2) is 48.5 Å². The fourth-order valence-electron chi connectivity index (χ4n) is 4.00. The van der Waals surface area contributed by atoms with E-state index < -0.39 is 5.41 Å². The maximum Gasteiger partial charge on any atom is 0.230 e. The Balaban J connectivity index is 1.74. The van der Waals surface area contributed by atoms with Gasteiger partial charge < -0.3 is 15.2 Å². The molecule has 2 aromatic carbocycles. The number of carbonyl (C=O) groups is 1. The number of ether oxygens (including phenoxy) is 1. The van der Waals surface area contributed by atoms with Gasteiger partial charge in [0.2, 0.25) is 5.91 Å². The van der Waals surface area contributed by atoms with Crippen LogP contribution in [0.3, 0.4) is 0 Å². The standard InChI is InChI=1S/C23H28ClNO3/c1-17-4-6-18(7-5-17)21(28-15-14-26)16-25-22(27)23(12-2-3-13-23)19-8-10-20(24)11-9-19/h4-11,21,26H,2-3,12-16H2,1H3,(H,25,27)/t21-/m1/s1. The third kappa shape index (κ3) is 4.75. The third-order valence-corrected chi connectivity index (χ3v) is 5.85. The Morgan fingerprint density at radius 3 is 2.39 bits per heavy atom. The third-order valence-electron chi connectivity index (χ3n) is 5.60.